The molecule has 38 heavy (non-hydrogen) atoms. The number of nitrogens with zero attached hydrogens (tertiary/aromatic N) is 2. The zero-order valence-electron chi connectivity index (χ0n) is 21.4. The summed E-state index contributed by atoms with van der Waals surface area (Å²) in [6.45, 7) is 4.93. The van der Waals surface area contributed by atoms with Crippen LogP contribution < -0.4 is 29.1 Å². The molecule has 198 valence electrons. The largest absolute Gasteiger partial charge is 0.497 e. The Balaban J connectivity index is 1.93. The van der Waals surface area contributed by atoms with Crippen LogP contribution in [0.15, 0.2) is 61.9 Å². The normalized spacial score (nSPS) is 15.0. The van der Waals surface area contributed by atoms with Crippen molar-refractivity contribution in [2.45, 2.75) is 26.8 Å². The predicted octanol–water partition coefficient (Wildman–Crippen LogP) is 3.50. The summed E-state index contributed by atoms with van der Waals surface area (Å²) in [6.07, 6.45) is 1.72. The first-order chi connectivity index (χ1) is 18.2. The van der Waals surface area contributed by atoms with Gasteiger partial charge in [0.1, 0.15) is 23.3 Å². The standard InChI is InChI=1S/C27H25BrN2O7S/c1-6-36-26(33)23-14(2)29-27-30(24(23)18-9-8-17(34-4)13-21(18)35-5)25(32)22(38-27)12-16-7-10-20(19(28)11-16)37-15(3)31/h7-13,24H,6H2,1-5H3/b22-12-/t24-/m1/s1. The highest BCUT2D eigenvalue weighted by Crippen LogP contribution is 2.37. The van der Waals surface area contributed by atoms with Gasteiger partial charge in [-0.2, -0.15) is 0 Å². The van der Waals surface area contributed by atoms with Gasteiger partial charge in [0, 0.05) is 18.6 Å². The van der Waals surface area contributed by atoms with Gasteiger partial charge < -0.3 is 18.9 Å². The number of carbonyl (C=O) groups excluding carboxylic acids is 2. The summed E-state index contributed by atoms with van der Waals surface area (Å²) in [6, 6.07) is 9.51. The van der Waals surface area contributed by atoms with Gasteiger partial charge in [0.2, 0.25) is 0 Å². The van der Waals surface area contributed by atoms with Crippen LogP contribution in [0.3, 0.4) is 0 Å². The molecular formula is C27H25BrN2O7S. The van der Waals surface area contributed by atoms with E-state index in [0.717, 1.165) is 0 Å². The van der Waals surface area contributed by atoms with Crippen LogP contribution in [0.4, 0.5) is 0 Å². The number of hydrogen-bond acceptors (Lipinski definition) is 9. The molecule has 2 aromatic carbocycles. The Morgan fingerprint density at radius 3 is 2.53 bits per heavy atom. The Morgan fingerprint density at radius 2 is 1.89 bits per heavy atom. The Morgan fingerprint density at radius 1 is 1.13 bits per heavy atom. The summed E-state index contributed by atoms with van der Waals surface area (Å²) in [4.78, 5) is 43.3. The fourth-order valence-electron chi connectivity index (χ4n) is 4.13. The molecule has 0 unspecified atom stereocenters. The van der Waals surface area contributed by atoms with E-state index < -0.39 is 18.0 Å². The van der Waals surface area contributed by atoms with Gasteiger partial charge in [0.05, 0.1) is 41.1 Å². The lowest BCUT2D eigenvalue weighted by Crippen LogP contribution is -2.40. The van der Waals surface area contributed by atoms with Crippen molar-refractivity contribution in [1.82, 2.24) is 4.57 Å². The number of fused-ring (bicyclic) bond motifs is 1. The second kappa shape index (κ2) is 11.4. The van der Waals surface area contributed by atoms with Crippen molar-refractivity contribution in [2.75, 3.05) is 20.8 Å². The van der Waals surface area contributed by atoms with Gasteiger partial charge in [0.15, 0.2) is 4.80 Å². The molecule has 0 saturated carbocycles. The molecule has 0 N–H and O–H groups in total. The molecule has 0 amide bonds. The molecule has 2 heterocycles. The Kier molecular flexibility index (Phi) is 8.17. The highest BCUT2D eigenvalue weighted by atomic mass is 79.9. The Hall–Kier alpha value is -3.70. The molecule has 0 fully saturated rings. The van der Waals surface area contributed by atoms with E-state index in [1.807, 2.05) is 0 Å². The van der Waals surface area contributed by atoms with Crippen molar-refractivity contribution < 1.29 is 28.5 Å². The van der Waals surface area contributed by atoms with Crippen LogP contribution in [0.2, 0.25) is 0 Å². The number of allylic oxidation sites excluding steroid dienone is 1. The number of thiazole rings is 1. The summed E-state index contributed by atoms with van der Waals surface area (Å²) < 4.78 is 23.9. The van der Waals surface area contributed by atoms with E-state index in [1.54, 1.807) is 63.4 Å². The summed E-state index contributed by atoms with van der Waals surface area (Å²) >= 11 is 4.60. The SMILES string of the molecule is CCOC(=O)C1=C(C)N=c2s/c(=C\c3ccc(OC(C)=O)c(Br)c3)c(=O)n2[C@@H]1c1ccc(OC)cc1OC. The molecule has 1 aliphatic heterocycles. The maximum Gasteiger partial charge on any atom is 0.338 e. The summed E-state index contributed by atoms with van der Waals surface area (Å²) in [5.41, 5.74) is 1.67. The van der Waals surface area contributed by atoms with Crippen LogP contribution in [0.5, 0.6) is 17.2 Å². The predicted molar refractivity (Wildman–Crippen MR) is 145 cm³/mol. The number of methoxy groups -OCH3 is 2. The first kappa shape index (κ1) is 27.3. The van der Waals surface area contributed by atoms with E-state index in [0.29, 0.717) is 47.9 Å². The van der Waals surface area contributed by atoms with Gasteiger partial charge in [-0.1, -0.05) is 17.4 Å². The van der Waals surface area contributed by atoms with Crippen LogP contribution in [0.25, 0.3) is 6.08 Å². The van der Waals surface area contributed by atoms with Gasteiger partial charge in [-0.3, -0.25) is 14.2 Å². The van der Waals surface area contributed by atoms with Crippen molar-refractivity contribution in [2.24, 2.45) is 4.99 Å². The van der Waals surface area contributed by atoms with E-state index in [9.17, 15) is 14.4 Å². The number of rotatable bonds is 7. The van der Waals surface area contributed by atoms with Gasteiger partial charge in [-0.15, -0.1) is 0 Å². The number of ether oxygens (including phenoxy) is 4. The minimum Gasteiger partial charge on any atom is -0.497 e. The van der Waals surface area contributed by atoms with Crippen molar-refractivity contribution in [3.8, 4) is 17.2 Å². The highest BCUT2D eigenvalue weighted by Gasteiger charge is 2.35. The molecule has 1 atom stereocenters. The molecule has 0 spiro atoms. The minimum absolute atomic E-state index is 0.171. The lowest BCUT2D eigenvalue weighted by Gasteiger charge is -2.26. The fourth-order valence-corrected chi connectivity index (χ4v) is 5.65. The maximum absolute atomic E-state index is 13.8. The second-order valence-electron chi connectivity index (χ2n) is 8.19. The number of hydrogen-bond donors (Lipinski definition) is 0. The number of halogens is 1. The topological polar surface area (TPSA) is 105 Å². The van der Waals surface area contributed by atoms with Crippen molar-refractivity contribution in [3.63, 3.8) is 0 Å². The average molecular weight is 601 g/mol. The smallest absolute Gasteiger partial charge is 0.338 e. The van der Waals surface area contributed by atoms with Crippen LogP contribution >= 0.6 is 27.3 Å². The van der Waals surface area contributed by atoms with E-state index in [2.05, 4.69) is 20.9 Å². The van der Waals surface area contributed by atoms with Crippen LogP contribution in [-0.2, 0) is 14.3 Å². The van der Waals surface area contributed by atoms with E-state index in [4.69, 9.17) is 18.9 Å². The Bertz CT molecular complexity index is 1640. The molecule has 1 aromatic heterocycles. The molecule has 0 radical (unpaired) electrons. The zero-order chi connectivity index (χ0) is 27.6. The summed E-state index contributed by atoms with van der Waals surface area (Å²) in [7, 11) is 3.06. The molecule has 11 heteroatoms. The summed E-state index contributed by atoms with van der Waals surface area (Å²) in [5, 5.41) is 0. The van der Waals surface area contributed by atoms with Crippen LogP contribution in [0.1, 0.15) is 37.9 Å². The van der Waals surface area contributed by atoms with Crippen LogP contribution in [0, 0.1) is 0 Å². The quantitative estimate of drug-likeness (QED) is 0.302. The zero-order valence-corrected chi connectivity index (χ0v) is 23.8. The van der Waals surface area contributed by atoms with Crippen molar-refractivity contribution in [1.29, 1.82) is 0 Å². The molecule has 4 rings (SSSR count). The summed E-state index contributed by atoms with van der Waals surface area (Å²) in [5.74, 6) is 0.395. The molecule has 0 saturated heterocycles. The second-order valence-corrected chi connectivity index (χ2v) is 10.1. The average Bonchev–Trinajstić information content (AvgIpc) is 3.18. The highest BCUT2D eigenvalue weighted by molar-refractivity contribution is 9.10. The lowest BCUT2D eigenvalue weighted by atomic mass is 9.95. The van der Waals surface area contributed by atoms with Gasteiger partial charge in [-0.25, -0.2) is 9.79 Å². The monoisotopic (exact) mass is 600 g/mol. The number of esters is 2. The minimum atomic E-state index is -0.827. The third-order valence-electron chi connectivity index (χ3n) is 5.76. The number of aromatic nitrogens is 1. The maximum atomic E-state index is 13.8. The van der Waals surface area contributed by atoms with E-state index >= 15 is 0 Å². The molecule has 3 aromatic rings. The molecule has 9 nitrogen and oxygen atoms in total. The van der Waals surface area contributed by atoms with Crippen molar-refractivity contribution in [3.05, 3.63) is 83.0 Å². The molecule has 1 aliphatic rings. The van der Waals surface area contributed by atoms with Gasteiger partial charge in [0.25, 0.3) is 5.56 Å². The van der Waals surface area contributed by atoms with Crippen molar-refractivity contribution >= 4 is 45.3 Å². The number of benzene rings is 2. The molecule has 0 aliphatic carbocycles. The lowest BCUT2D eigenvalue weighted by molar-refractivity contribution is -0.139. The first-order valence-corrected chi connectivity index (χ1v) is 13.2. The molecule has 0 bridgehead atoms. The Labute approximate surface area is 230 Å². The van der Waals surface area contributed by atoms with Crippen LogP contribution in [-0.4, -0.2) is 37.3 Å². The van der Waals surface area contributed by atoms with E-state index in [-0.39, 0.29) is 17.7 Å². The molecular weight excluding hydrogens is 576 g/mol. The third kappa shape index (κ3) is 5.30. The first-order valence-electron chi connectivity index (χ1n) is 11.6. The third-order valence-corrected chi connectivity index (χ3v) is 7.36. The number of carbonyl (C=O) groups is 2. The van der Waals surface area contributed by atoms with E-state index in [1.165, 1.54) is 29.9 Å². The fraction of sp³-hybridized carbons (Fsp3) is 0.259. The van der Waals surface area contributed by atoms with Gasteiger partial charge >= 0.3 is 11.9 Å². The van der Waals surface area contributed by atoms with Gasteiger partial charge in [-0.05, 0) is 65.7 Å².